The van der Waals surface area contributed by atoms with Gasteiger partial charge in [0.05, 0.1) is 6.17 Å². The van der Waals surface area contributed by atoms with Crippen molar-refractivity contribution in [3.63, 3.8) is 0 Å². The third-order valence-corrected chi connectivity index (χ3v) is 4.65. The first kappa shape index (κ1) is 21.4. The van der Waals surface area contributed by atoms with E-state index in [1.165, 1.54) is 5.56 Å². The smallest absolute Gasteiger partial charge is 0.0807 e. The van der Waals surface area contributed by atoms with Crippen molar-refractivity contribution < 1.29 is 0 Å². The van der Waals surface area contributed by atoms with Gasteiger partial charge < -0.3 is 11.1 Å². The number of rotatable bonds is 9. The molecule has 0 saturated heterocycles. The Morgan fingerprint density at radius 3 is 2.36 bits per heavy atom. The molecule has 0 fully saturated rings. The monoisotopic (exact) mass is 370 g/mol. The quantitative estimate of drug-likeness (QED) is 0.426. The van der Waals surface area contributed by atoms with Crippen molar-refractivity contribution in [2.24, 2.45) is 5.73 Å². The van der Waals surface area contributed by atoms with Gasteiger partial charge in [0.1, 0.15) is 0 Å². The zero-order valence-corrected chi connectivity index (χ0v) is 16.8. The molecule has 0 aliphatic carbocycles. The second-order valence-electron chi connectivity index (χ2n) is 6.51. The van der Waals surface area contributed by atoms with E-state index in [1.807, 2.05) is 50.4 Å². The summed E-state index contributed by atoms with van der Waals surface area (Å²) in [5, 5.41) is 3.10. The van der Waals surface area contributed by atoms with E-state index in [-0.39, 0.29) is 12.1 Å². The highest BCUT2D eigenvalue weighted by molar-refractivity contribution is 5.76. The van der Waals surface area contributed by atoms with Crippen LogP contribution in [-0.2, 0) is 0 Å². The number of allylic oxidation sites excluding steroid dienone is 8. The Balaban J connectivity index is 2.61. The van der Waals surface area contributed by atoms with Crippen LogP contribution >= 0.6 is 0 Å². The van der Waals surface area contributed by atoms with Crippen molar-refractivity contribution in [2.75, 3.05) is 7.05 Å². The Labute approximate surface area is 169 Å². The van der Waals surface area contributed by atoms with Crippen LogP contribution in [0.1, 0.15) is 35.7 Å². The summed E-state index contributed by atoms with van der Waals surface area (Å²) in [7, 11) is 1.86. The van der Waals surface area contributed by atoms with Crippen LogP contribution in [0.25, 0.3) is 5.57 Å². The molecule has 0 saturated carbocycles. The van der Waals surface area contributed by atoms with E-state index >= 15 is 0 Å². The van der Waals surface area contributed by atoms with Gasteiger partial charge in [0.2, 0.25) is 0 Å². The molecular weight excluding hydrogens is 340 g/mol. The van der Waals surface area contributed by atoms with Gasteiger partial charge >= 0.3 is 0 Å². The number of hydrogen-bond donors (Lipinski definition) is 2. The standard InChI is InChI=1S/C26H30N2/c1-5-12-20(7-3)25(21-14-9-8-10-15-21)19-22(13-6-2)23-16-11-17-24(18-23)26(27)28-4/h5-19,25-26,28H,1,3,27H2,2,4H3/b13-6-,20-12+,22-19+. The fourth-order valence-corrected chi connectivity index (χ4v) is 3.17. The maximum atomic E-state index is 6.16. The fourth-order valence-electron chi connectivity index (χ4n) is 3.17. The lowest BCUT2D eigenvalue weighted by Crippen LogP contribution is -2.24. The van der Waals surface area contributed by atoms with Crippen molar-refractivity contribution in [3.05, 3.63) is 126 Å². The molecule has 3 N–H and O–H groups in total. The highest BCUT2D eigenvalue weighted by Gasteiger charge is 2.14. The molecule has 2 nitrogen and oxygen atoms in total. The summed E-state index contributed by atoms with van der Waals surface area (Å²) in [4.78, 5) is 0. The number of nitrogens with one attached hydrogen (secondary N) is 1. The van der Waals surface area contributed by atoms with Crippen LogP contribution in [0, 0.1) is 0 Å². The molecule has 0 aliphatic heterocycles. The second-order valence-corrected chi connectivity index (χ2v) is 6.51. The van der Waals surface area contributed by atoms with Gasteiger partial charge in [-0.3, -0.25) is 0 Å². The van der Waals surface area contributed by atoms with Gasteiger partial charge in [-0.1, -0.05) is 98.1 Å². The van der Waals surface area contributed by atoms with Gasteiger partial charge in [-0.25, -0.2) is 0 Å². The van der Waals surface area contributed by atoms with E-state index in [4.69, 9.17) is 5.73 Å². The summed E-state index contributed by atoms with van der Waals surface area (Å²) in [6.07, 6.45) is 12.0. The molecule has 2 aromatic rings. The van der Waals surface area contributed by atoms with Gasteiger partial charge in [0, 0.05) is 5.92 Å². The average Bonchev–Trinajstić information content (AvgIpc) is 2.75. The van der Waals surface area contributed by atoms with Crippen LogP contribution in [-0.4, -0.2) is 7.05 Å². The zero-order valence-electron chi connectivity index (χ0n) is 16.8. The summed E-state index contributed by atoms with van der Waals surface area (Å²) in [6.45, 7) is 9.90. The Morgan fingerprint density at radius 2 is 1.75 bits per heavy atom. The molecule has 0 amide bonds. The summed E-state index contributed by atoms with van der Waals surface area (Å²) >= 11 is 0. The Kier molecular flexibility index (Phi) is 8.41. The minimum Gasteiger partial charge on any atom is -0.312 e. The molecule has 0 aliphatic rings. The first-order valence-electron chi connectivity index (χ1n) is 9.52. The third-order valence-electron chi connectivity index (χ3n) is 4.65. The number of hydrogen-bond acceptors (Lipinski definition) is 2. The largest absolute Gasteiger partial charge is 0.312 e. The van der Waals surface area contributed by atoms with Crippen molar-refractivity contribution in [3.8, 4) is 0 Å². The number of nitrogens with two attached hydrogens (primary N) is 1. The summed E-state index contributed by atoms with van der Waals surface area (Å²) in [6, 6.07) is 18.8. The van der Waals surface area contributed by atoms with Crippen molar-refractivity contribution in [1.82, 2.24) is 5.32 Å². The van der Waals surface area contributed by atoms with Crippen molar-refractivity contribution in [1.29, 1.82) is 0 Å². The second kappa shape index (κ2) is 11.0. The Morgan fingerprint density at radius 1 is 1.04 bits per heavy atom. The van der Waals surface area contributed by atoms with Gasteiger partial charge in [-0.15, -0.1) is 0 Å². The lowest BCUT2D eigenvalue weighted by molar-refractivity contribution is 0.622. The molecule has 2 unspecified atom stereocenters. The molecular formula is C26H30N2. The van der Waals surface area contributed by atoms with Gasteiger partial charge in [0.25, 0.3) is 0 Å². The molecule has 0 heterocycles. The van der Waals surface area contributed by atoms with Crippen molar-refractivity contribution >= 4 is 5.57 Å². The molecule has 0 aromatic heterocycles. The van der Waals surface area contributed by atoms with Crippen molar-refractivity contribution in [2.45, 2.75) is 19.0 Å². The summed E-state index contributed by atoms with van der Waals surface area (Å²) in [5.41, 5.74) is 11.8. The van der Waals surface area contributed by atoms with E-state index in [2.05, 4.69) is 73.1 Å². The molecule has 28 heavy (non-hydrogen) atoms. The number of benzene rings is 2. The first-order valence-corrected chi connectivity index (χ1v) is 9.52. The topological polar surface area (TPSA) is 38.0 Å². The average molecular weight is 371 g/mol. The van der Waals surface area contributed by atoms with Gasteiger partial charge in [-0.05, 0) is 47.9 Å². The Bertz CT molecular complexity index is 872. The maximum absolute atomic E-state index is 6.16. The maximum Gasteiger partial charge on any atom is 0.0807 e. The van der Waals surface area contributed by atoms with E-state index in [1.54, 1.807) is 0 Å². The van der Waals surface area contributed by atoms with Gasteiger partial charge in [0.15, 0.2) is 0 Å². The lowest BCUT2D eigenvalue weighted by Gasteiger charge is -2.18. The molecule has 2 heteroatoms. The highest BCUT2D eigenvalue weighted by Crippen LogP contribution is 2.31. The van der Waals surface area contributed by atoms with E-state index < -0.39 is 0 Å². The normalized spacial score (nSPS) is 14.7. The molecule has 2 aromatic carbocycles. The Hall–Kier alpha value is -2.94. The predicted molar refractivity (Wildman–Crippen MR) is 123 cm³/mol. The van der Waals surface area contributed by atoms with Crippen LogP contribution in [0.4, 0.5) is 0 Å². The zero-order chi connectivity index (χ0) is 20.4. The minimum absolute atomic E-state index is 0.0736. The fraction of sp³-hybridized carbons (Fsp3) is 0.154. The van der Waals surface area contributed by atoms with E-state index in [9.17, 15) is 0 Å². The predicted octanol–water partition coefficient (Wildman–Crippen LogP) is 5.91. The highest BCUT2D eigenvalue weighted by atomic mass is 15.0. The SMILES string of the molecule is C=C/C=C(\C=C)C(/C=C(\C=C/C)c1cccc(C(N)NC)c1)c1ccccc1. The van der Waals surface area contributed by atoms with Crippen LogP contribution in [0.3, 0.4) is 0 Å². The van der Waals surface area contributed by atoms with Crippen LogP contribution in [0.15, 0.2) is 110 Å². The molecule has 2 atom stereocenters. The summed E-state index contributed by atoms with van der Waals surface area (Å²) in [5.74, 6) is 0.0736. The van der Waals surface area contributed by atoms with Gasteiger partial charge in [-0.2, -0.15) is 0 Å². The van der Waals surface area contributed by atoms with Crippen LogP contribution in [0.2, 0.25) is 0 Å². The van der Waals surface area contributed by atoms with E-state index in [0.29, 0.717) is 0 Å². The summed E-state index contributed by atoms with van der Waals surface area (Å²) < 4.78 is 0. The van der Waals surface area contributed by atoms with Crippen LogP contribution in [0.5, 0.6) is 0 Å². The third kappa shape index (κ3) is 5.53. The molecule has 2 rings (SSSR count). The molecule has 0 bridgehead atoms. The molecule has 0 spiro atoms. The lowest BCUT2D eigenvalue weighted by atomic mass is 9.87. The van der Waals surface area contributed by atoms with E-state index in [0.717, 1.165) is 22.3 Å². The first-order chi connectivity index (χ1) is 13.6. The molecule has 0 radical (unpaired) electrons. The van der Waals surface area contributed by atoms with Crippen LogP contribution < -0.4 is 11.1 Å². The minimum atomic E-state index is -0.193. The molecule has 144 valence electrons.